The predicted molar refractivity (Wildman–Crippen MR) is 104 cm³/mol. The molecule has 5 heteroatoms. The average molecular weight is 360 g/mol. The van der Waals surface area contributed by atoms with Crippen LogP contribution in [0.4, 0.5) is 0 Å². The molecule has 1 aromatic carbocycles. The fourth-order valence-electron chi connectivity index (χ4n) is 3.66. The Hall–Kier alpha value is -1.43. The Balaban J connectivity index is 1.35. The maximum absolute atomic E-state index is 12.1. The second-order valence-corrected chi connectivity index (χ2v) is 7.89. The van der Waals surface area contributed by atoms with Crippen LogP contribution in [-0.2, 0) is 16.1 Å². The third-order valence-electron chi connectivity index (χ3n) is 5.44. The van der Waals surface area contributed by atoms with E-state index in [1.54, 1.807) is 0 Å². The normalized spacial score (nSPS) is 22.0. The molecule has 1 atom stereocenters. The molecule has 144 valence electrons. The van der Waals surface area contributed by atoms with Crippen molar-refractivity contribution in [2.24, 2.45) is 0 Å². The zero-order valence-corrected chi connectivity index (χ0v) is 16.2. The van der Waals surface area contributed by atoms with Crippen LogP contribution >= 0.6 is 0 Å². The molecule has 0 bridgehead atoms. The van der Waals surface area contributed by atoms with E-state index >= 15 is 0 Å². The molecule has 2 saturated heterocycles. The van der Waals surface area contributed by atoms with Crippen LogP contribution in [0.15, 0.2) is 24.3 Å². The van der Waals surface area contributed by atoms with Crippen molar-refractivity contribution in [2.45, 2.75) is 45.3 Å². The van der Waals surface area contributed by atoms with Gasteiger partial charge in [-0.1, -0.05) is 38.1 Å². The Morgan fingerprint density at radius 2 is 1.85 bits per heavy atom. The lowest BCUT2D eigenvalue weighted by Gasteiger charge is -2.34. The number of carbonyl (C=O) groups excluding carboxylic acids is 1. The van der Waals surface area contributed by atoms with E-state index in [-0.39, 0.29) is 12.0 Å². The maximum atomic E-state index is 12.1. The second kappa shape index (κ2) is 9.49. The Morgan fingerprint density at radius 3 is 2.46 bits per heavy atom. The van der Waals surface area contributed by atoms with E-state index in [9.17, 15) is 4.79 Å². The van der Waals surface area contributed by atoms with E-state index in [0.29, 0.717) is 19.0 Å². The van der Waals surface area contributed by atoms with E-state index in [1.807, 2.05) is 0 Å². The first-order valence-electron chi connectivity index (χ1n) is 10.0. The minimum atomic E-state index is 0.123. The first-order valence-corrected chi connectivity index (χ1v) is 10.0. The number of benzene rings is 1. The SMILES string of the molecule is CC(C)c1ccc(CN2CCN(CC(=O)NC[C@@H]3CCCO3)CC2)cc1. The Labute approximate surface area is 157 Å². The number of hydrogen-bond acceptors (Lipinski definition) is 4. The molecule has 1 N–H and O–H groups in total. The van der Waals surface area contributed by atoms with Gasteiger partial charge in [-0.25, -0.2) is 0 Å². The van der Waals surface area contributed by atoms with Gasteiger partial charge < -0.3 is 10.1 Å². The lowest BCUT2D eigenvalue weighted by molar-refractivity contribution is -0.123. The molecule has 0 spiro atoms. The molecular formula is C21H33N3O2. The number of rotatable bonds is 7. The standard InChI is InChI=1S/C21H33N3O2/c1-17(2)19-7-5-18(6-8-19)15-23-9-11-24(12-10-23)16-21(25)22-14-20-4-3-13-26-20/h5-8,17,20H,3-4,9-16H2,1-2H3,(H,22,25)/t20-/m0/s1. The predicted octanol–water partition coefficient (Wildman–Crippen LogP) is 2.22. The van der Waals surface area contributed by atoms with Crippen LogP contribution in [0.1, 0.15) is 43.7 Å². The molecule has 0 aliphatic carbocycles. The summed E-state index contributed by atoms with van der Waals surface area (Å²) in [6, 6.07) is 8.99. The summed E-state index contributed by atoms with van der Waals surface area (Å²) in [5, 5.41) is 3.02. The highest BCUT2D eigenvalue weighted by molar-refractivity contribution is 5.78. The minimum absolute atomic E-state index is 0.123. The summed E-state index contributed by atoms with van der Waals surface area (Å²) in [6.45, 7) is 11.4. The summed E-state index contributed by atoms with van der Waals surface area (Å²) >= 11 is 0. The van der Waals surface area contributed by atoms with Crippen LogP contribution in [0.3, 0.4) is 0 Å². The van der Waals surface area contributed by atoms with E-state index in [1.165, 1.54) is 11.1 Å². The number of nitrogens with one attached hydrogen (secondary N) is 1. The highest BCUT2D eigenvalue weighted by Crippen LogP contribution is 2.16. The summed E-state index contributed by atoms with van der Waals surface area (Å²) in [6.07, 6.45) is 2.40. The molecule has 2 fully saturated rings. The van der Waals surface area contributed by atoms with Gasteiger partial charge in [0.1, 0.15) is 0 Å². The number of carbonyl (C=O) groups is 1. The molecule has 5 nitrogen and oxygen atoms in total. The second-order valence-electron chi connectivity index (χ2n) is 7.89. The fourth-order valence-corrected chi connectivity index (χ4v) is 3.66. The van der Waals surface area contributed by atoms with Crippen LogP contribution in [0.2, 0.25) is 0 Å². The van der Waals surface area contributed by atoms with Crippen LogP contribution < -0.4 is 5.32 Å². The summed E-state index contributed by atoms with van der Waals surface area (Å²) in [4.78, 5) is 16.8. The van der Waals surface area contributed by atoms with Crippen molar-refractivity contribution in [1.29, 1.82) is 0 Å². The first kappa shape index (κ1) is 19.3. The van der Waals surface area contributed by atoms with E-state index < -0.39 is 0 Å². The molecule has 0 radical (unpaired) electrons. The van der Waals surface area contributed by atoms with Crippen LogP contribution in [0.25, 0.3) is 0 Å². The Morgan fingerprint density at radius 1 is 1.15 bits per heavy atom. The maximum Gasteiger partial charge on any atom is 0.234 e. The quantitative estimate of drug-likeness (QED) is 0.811. The molecule has 2 heterocycles. The Bertz CT molecular complexity index is 559. The number of amides is 1. The summed E-state index contributed by atoms with van der Waals surface area (Å²) in [5.41, 5.74) is 2.77. The molecular weight excluding hydrogens is 326 g/mol. The smallest absolute Gasteiger partial charge is 0.234 e. The van der Waals surface area contributed by atoms with Crippen molar-refractivity contribution >= 4 is 5.91 Å². The van der Waals surface area contributed by atoms with E-state index in [0.717, 1.165) is 52.2 Å². The molecule has 26 heavy (non-hydrogen) atoms. The van der Waals surface area contributed by atoms with Gasteiger partial charge in [-0.15, -0.1) is 0 Å². The van der Waals surface area contributed by atoms with Gasteiger partial charge in [0.05, 0.1) is 12.6 Å². The van der Waals surface area contributed by atoms with E-state index in [2.05, 4.69) is 53.2 Å². The minimum Gasteiger partial charge on any atom is -0.376 e. The molecule has 3 rings (SSSR count). The molecule has 1 amide bonds. The number of hydrogen-bond donors (Lipinski definition) is 1. The summed E-state index contributed by atoms with van der Waals surface area (Å²) < 4.78 is 5.55. The van der Waals surface area contributed by atoms with Gasteiger partial charge in [0.15, 0.2) is 0 Å². The molecule has 0 saturated carbocycles. The van der Waals surface area contributed by atoms with E-state index in [4.69, 9.17) is 4.74 Å². The highest BCUT2D eigenvalue weighted by atomic mass is 16.5. The van der Waals surface area contributed by atoms with Crippen molar-refractivity contribution in [3.05, 3.63) is 35.4 Å². The van der Waals surface area contributed by atoms with Crippen LogP contribution in [0.5, 0.6) is 0 Å². The Kier molecular flexibility index (Phi) is 7.06. The fraction of sp³-hybridized carbons (Fsp3) is 0.667. The summed E-state index contributed by atoms with van der Waals surface area (Å²) in [5.74, 6) is 0.706. The first-order chi connectivity index (χ1) is 12.6. The average Bonchev–Trinajstić information content (AvgIpc) is 3.16. The third-order valence-corrected chi connectivity index (χ3v) is 5.44. The van der Waals surface area contributed by atoms with Gasteiger partial charge in [0.2, 0.25) is 5.91 Å². The van der Waals surface area contributed by atoms with Crippen molar-refractivity contribution < 1.29 is 9.53 Å². The van der Waals surface area contributed by atoms with Crippen molar-refractivity contribution in [3.63, 3.8) is 0 Å². The lowest BCUT2D eigenvalue weighted by atomic mass is 10.0. The van der Waals surface area contributed by atoms with Crippen molar-refractivity contribution in [3.8, 4) is 0 Å². The zero-order valence-electron chi connectivity index (χ0n) is 16.2. The van der Waals surface area contributed by atoms with Crippen LogP contribution in [0, 0.1) is 0 Å². The van der Waals surface area contributed by atoms with Gasteiger partial charge in [0, 0.05) is 45.9 Å². The van der Waals surface area contributed by atoms with Gasteiger partial charge in [-0.05, 0) is 29.9 Å². The van der Waals surface area contributed by atoms with Gasteiger partial charge in [-0.3, -0.25) is 14.6 Å². The monoisotopic (exact) mass is 359 g/mol. The molecule has 0 aromatic heterocycles. The number of piperazine rings is 1. The van der Waals surface area contributed by atoms with Gasteiger partial charge >= 0.3 is 0 Å². The molecule has 2 aliphatic rings. The lowest BCUT2D eigenvalue weighted by Crippen LogP contribution is -2.49. The third kappa shape index (κ3) is 5.79. The largest absolute Gasteiger partial charge is 0.376 e. The van der Waals surface area contributed by atoms with Crippen molar-refractivity contribution in [2.75, 3.05) is 45.9 Å². The number of ether oxygens (including phenoxy) is 1. The summed E-state index contributed by atoms with van der Waals surface area (Å²) in [7, 11) is 0. The van der Waals surface area contributed by atoms with Crippen LogP contribution in [-0.4, -0.2) is 67.7 Å². The van der Waals surface area contributed by atoms with Gasteiger partial charge in [0.25, 0.3) is 0 Å². The van der Waals surface area contributed by atoms with Crippen molar-refractivity contribution in [1.82, 2.24) is 15.1 Å². The topological polar surface area (TPSA) is 44.8 Å². The zero-order chi connectivity index (χ0) is 18.4. The molecule has 2 aliphatic heterocycles. The highest BCUT2D eigenvalue weighted by Gasteiger charge is 2.20. The molecule has 1 aromatic rings. The molecule has 0 unspecified atom stereocenters. The van der Waals surface area contributed by atoms with Gasteiger partial charge in [-0.2, -0.15) is 0 Å². The number of nitrogens with zero attached hydrogens (tertiary/aromatic N) is 2.